The van der Waals surface area contributed by atoms with Gasteiger partial charge in [0.05, 0.1) is 11.5 Å². The smallest absolute Gasteiger partial charge is 0.374 e. The third kappa shape index (κ3) is 3.17. The molecule has 1 aliphatic heterocycles. The largest absolute Gasteiger partial charge is 0.460 e. The third-order valence-corrected chi connectivity index (χ3v) is 6.43. The van der Waals surface area contributed by atoms with Crippen LogP contribution in [0.5, 0.6) is 0 Å². The minimum atomic E-state index is -3.58. The highest BCUT2D eigenvalue weighted by Gasteiger charge is 2.32. The summed E-state index contributed by atoms with van der Waals surface area (Å²) in [4.78, 5) is 12.2. The minimum Gasteiger partial charge on any atom is -0.460 e. The summed E-state index contributed by atoms with van der Waals surface area (Å²) in [5.41, 5.74) is 1.05. The number of carbonyl (C=O) groups is 1. The highest BCUT2D eigenvalue weighted by Crippen LogP contribution is 2.30. The Morgan fingerprint density at radius 3 is 2.84 bits per heavy atom. The van der Waals surface area contributed by atoms with E-state index in [9.17, 15) is 13.2 Å². The van der Waals surface area contributed by atoms with Crippen molar-refractivity contribution in [2.75, 3.05) is 26.7 Å². The third-order valence-electron chi connectivity index (χ3n) is 4.57. The van der Waals surface area contributed by atoms with Crippen molar-refractivity contribution in [2.24, 2.45) is 0 Å². The molecule has 3 rings (SSSR count). The topological polar surface area (TPSA) is 88.8 Å². The lowest BCUT2D eigenvalue weighted by molar-refractivity contribution is 0.0491. The molecule has 1 aromatic heterocycles. The predicted octanol–water partition coefficient (Wildman–Crippen LogP) is 1.90. The number of aryl methyl sites for hydroxylation is 1. The number of ether oxygens (including phenoxy) is 1. The van der Waals surface area contributed by atoms with Gasteiger partial charge in [-0.3, -0.25) is 0 Å². The van der Waals surface area contributed by atoms with Crippen LogP contribution in [0.3, 0.4) is 0 Å². The first-order chi connectivity index (χ1) is 11.9. The fraction of sp³-hybridized carbons (Fsp3) is 0.471. The first-order valence-corrected chi connectivity index (χ1v) is 9.70. The molecule has 1 saturated heterocycles. The van der Waals surface area contributed by atoms with Gasteiger partial charge in [-0.05, 0) is 45.5 Å². The Balaban J connectivity index is 1.98. The van der Waals surface area contributed by atoms with E-state index >= 15 is 0 Å². The molecule has 0 radical (unpaired) electrons. The van der Waals surface area contributed by atoms with E-state index in [1.807, 2.05) is 7.05 Å². The molecule has 8 heteroatoms. The number of nitrogens with one attached hydrogen (secondary N) is 1. The molecule has 1 atom stereocenters. The first kappa shape index (κ1) is 17.9. The van der Waals surface area contributed by atoms with Crippen molar-refractivity contribution in [3.63, 3.8) is 0 Å². The maximum Gasteiger partial charge on any atom is 0.374 e. The number of furan rings is 1. The number of hydrogen-bond donors (Lipinski definition) is 1. The summed E-state index contributed by atoms with van der Waals surface area (Å²) in [5.74, 6) is -0.431. The van der Waals surface area contributed by atoms with Crippen LogP contribution in [0.4, 0.5) is 0 Å². The Kier molecular flexibility index (Phi) is 4.86. The van der Waals surface area contributed by atoms with Gasteiger partial charge < -0.3 is 14.5 Å². The number of fused-ring (bicyclic) bond motifs is 1. The molecule has 1 unspecified atom stereocenters. The summed E-state index contributed by atoms with van der Waals surface area (Å²) in [5, 5.41) is 3.72. The summed E-state index contributed by atoms with van der Waals surface area (Å²) in [7, 11) is -1.74. The summed E-state index contributed by atoms with van der Waals surface area (Å²) in [6.45, 7) is 4.63. The van der Waals surface area contributed by atoms with Gasteiger partial charge in [0.15, 0.2) is 0 Å². The molecule has 1 fully saturated rings. The second kappa shape index (κ2) is 6.78. The average Bonchev–Trinajstić information content (AvgIpc) is 3.20. The fourth-order valence-electron chi connectivity index (χ4n) is 3.08. The van der Waals surface area contributed by atoms with Gasteiger partial charge in [0.25, 0.3) is 0 Å². The molecule has 2 aromatic rings. The van der Waals surface area contributed by atoms with Crippen LogP contribution < -0.4 is 5.32 Å². The van der Waals surface area contributed by atoms with Crippen LogP contribution in [0.25, 0.3) is 11.0 Å². The molecule has 1 aliphatic rings. The van der Waals surface area contributed by atoms with Crippen molar-refractivity contribution in [2.45, 2.75) is 31.2 Å². The molecular weight excluding hydrogens is 344 g/mol. The molecule has 136 valence electrons. The lowest BCUT2D eigenvalue weighted by Crippen LogP contribution is -2.33. The molecule has 1 N–H and O–H groups in total. The predicted molar refractivity (Wildman–Crippen MR) is 93.1 cm³/mol. The lowest BCUT2D eigenvalue weighted by atomic mass is 10.1. The summed E-state index contributed by atoms with van der Waals surface area (Å²) in [6, 6.07) is 4.84. The molecule has 0 bridgehead atoms. The molecule has 0 aliphatic carbocycles. The summed E-state index contributed by atoms with van der Waals surface area (Å²) < 4.78 is 37.7. The lowest BCUT2D eigenvalue weighted by Gasteiger charge is -2.16. The van der Waals surface area contributed by atoms with Gasteiger partial charge in [-0.2, -0.15) is 4.31 Å². The Morgan fingerprint density at radius 1 is 1.44 bits per heavy atom. The first-order valence-electron chi connectivity index (χ1n) is 8.26. The standard InChI is InChI=1S/C17H22N2O5S/c1-4-23-17(20)16-11(2)14-9-13(5-6-15(14)24-16)25(21,22)19-8-7-12(10-19)18-3/h5-6,9,12,18H,4,7-8,10H2,1-3H3. The zero-order valence-electron chi connectivity index (χ0n) is 14.5. The zero-order valence-corrected chi connectivity index (χ0v) is 15.4. The molecule has 1 aromatic carbocycles. The minimum absolute atomic E-state index is 0.114. The molecule has 7 nitrogen and oxygen atoms in total. The Bertz CT molecular complexity index is 903. The Morgan fingerprint density at radius 2 is 2.20 bits per heavy atom. The number of sulfonamides is 1. The molecule has 2 heterocycles. The SMILES string of the molecule is CCOC(=O)c1oc2ccc(S(=O)(=O)N3CCC(NC)C3)cc2c1C. The number of hydrogen-bond acceptors (Lipinski definition) is 6. The molecular formula is C17H22N2O5S. The molecule has 0 saturated carbocycles. The van der Waals surface area contributed by atoms with Crippen LogP contribution in [-0.4, -0.2) is 51.5 Å². The Hall–Kier alpha value is -1.90. The maximum absolute atomic E-state index is 12.9. The maximum atomic E-state index is 12.9. The van der Waals surface area contributed by atoms with E-state index in [-0.39, 0.29) is 23.3 Å². The van der Waals surface area contributed by atoms with Gasteiger partial charge in [-0.25, -0.2) is 13.2 Å². The second-order valence-electron chi connectivity index (χ2n) is 6.07. The van der Waals surface area contributed by atoms with Gasteiger partial charge >= 0.3 is 5.97 Å². The molecule has 0 amide bonds. The highest BCUT2D eigenvalue weighted by atomic mass is 32.2. The number of carbonyl (C=O) groups excluding carboxylic acids is 1. The van der Waals surface area contributed by atoms with Crippen LogP contribution in [0, 0.1) is 6.92 Å². The fourth-order valence-corrected chi connectivity index (χ4v) is 4.61. The van der Waals surface area contributed by atoms with Gasteiger partial charge in [-0.1, -0.05) is 0 Å². The summed E-state index contributed by atoms with van der Waals surface area (Å²) in [6.07, 6.45) is 0.787. The number of benzene rings is 1. The van der Waals surface area contributed by atoms with Gasteiger partial charge in [0.2, 0.25) is 15.8 Å². The number of esters is 1. The average molecular weight is 366 g/mol. The second-order valence-corrected chi connectivity index (χ2v) is 8.01. The van der Waals surface area contributed by atoms with Gasteiger partial charge in [-0.15, -0.1) is 0 Å². The van der Waals surface area contributed by atoms with Crippen molar-refractivity contribution in [1.29, 1.82) is 0 Å². The van der Waals surface area contributed by atoms with Crippen molar-refractivity contribution in [3.05, 3.63) is 29.5 Å². The van der Waals surface area contributed by atoms with E-state index in [1.165, 1.54) is 10.4 Å². The molecule has 0 spiro atoms. The van der Waals surface area contributed by atoms with Gasteiger partial charge in [0, 0.05) is 30.1 Å². The van der Waals surface area contributed by atoms with E-state index in [1.54, 1.807) is 26.0 Å². The normalized spacial score (nSPS) is 18.8. The Labute approximate surface area is 147 Å². The van der Waals surface area contributed by atoms with E-state index in [2.05, 4.69) is 5.32 Å². The van der Waals surface area contributed by atoms with Gasteiger partial charge in [0.1, 0.15) is 5.58 Å². The van der Waals surface area contributed by atoms with Crippen LogP contribution in [0.15, 0.2) is 27.5 Å². The van der Waals surface area contributed by atoms with E-state index in [0.717, 1.165) is 6.42 Å². The van der Waals surface area contributed by atoms with Crippen molar-refractivity contribution in [3.8, 4) is 0 Å². The molecule has 25 heavy (non-hydrogen) atoms. The number of nitrogens with zero attached hydrogens (tertiary/aromatic N) is 1. The van der Waals surface area contributed by atoms with Crippen LogP contribution in [0.2, 0.25) is 0 Å². The van der Waals surface area contributed by atoms with Crippen LogP contribution >= 0.6 is 0 Å². The van der Waals surface area contributed by atoms with Crippen LogP contribution in [-0.2, 0) is 14.8 Å². The number of likely N-dealkylation sites (N-methyl/N-ethyl adjacent to an activating group) is 1. The van der Waals surface area contributed by atoms with E-state index in [4.69, 9.17) is 9.15 Å². The summed E-state index contributed by atoms with van der Waals surface area (Å²) >= 11 is 0. The monoisotopic (exact) mass is 366 g/mol. The van der Waals surface area contributed by atoms with E-state index in [0.29, 0.717) is 29.6 Å². The van der Waals surface area contributed by atoms with E-state index < -0.39 is 16.0 Å². The van der Waals surface area contributed by atoms with Crippen molar-refractivity contribution < 1.29 is 22.4 Å². The van der Waals surface area contributed by atoms with Crippen molar-refractivity contribution in [1.82, 2.24) is 9.62 Å². The van der Waals surface area contributed by atoms with Crippen LogP contribution in [0.1, 0.15) is 29.5 Å². The van der Waals surface area contributed by atoms with Crippen molar-refractivity contribution >= 4 is 27.0 Å². The quantitative estimate of drug-likeness (QED) is 0.813. The highest BCUT2D eigenvalue weighted by molar-refractivity contribution is 7.89. The number of rotatable bonds is 5. The zero-order chi connectivity index (χ0) is 18.2.